The molecule has 2 heterocycles. The third kappa shape index (κ3) is 3.64. The van der Waals surface area contributed by atoms with Gasteiger partial charge in [0.05, 0.1) is 6.54 Å². The fourth-order valence-electron chi connectivity index (χ4n) is 2.40. The van der Waals surface area contributed by atoms with Crippen LogP contribution in [0.25, 0.3) is 0 Å². The third-order valence-corrected chi connectivity index (χ3v) is 3.92. The molecule has 1 fully saturated rings. The highest BCUT2D eigenvalue weighted by atomic mass is 16.3. The molecule has 2 aromatic heterocycles. The Morgan fingerprint density at radius 2 is 2.05 bits per heavy atom. The van der Waals surface area contributed by atoms with Crippen molar-refractivity contribution < 1.29 is 4.42 Å². The number of nitrogens with one attached hydrogen (secondary N) is 1. The molecule has 1 aliphatic rings. The summed E-state index contributed by atoms with van der Waals surface area (Å²) in [5, 5.41) is 3.54. The van der Waals surface area contributed by atoms with Gasteiger partial charge in [-0.25, -0.2) is 4.98 Å². The maximum absolute atomic E-state index is 5.62. The predicted octanol–water partition coefficient (Wildman–Crippen LogP) is 3.18. The second-order valence-corrected chi connectivity index (χ2v) is 5.94. The summed E-state index contributed by atoms with van der Waals surface area (Å²) in [5.41, 5.74) is 2.39. The number of aryl methyl sites for hydroxylation is 2. The van der Waals surface area contributed by atoms with E-state index in [9.17, 15) is 0 Å². The summed E-state index contributed by atoms with van der Waals surface area (Å²) in [6.07, 6.45) is 2.63. The molecule has 2 aromatic rings. The van der Waals surface area contributed by atoms with E-state index < -0.39 is 0 Å². The van der Waals surface area contributed by atoms with Gasteiger partial charge in [0, 0.05) is 25.3 Å². The molecule has 1 saturated carbocycles. The van der Waals surface area contributed by atoms with Gasteiger partial charge in [-0.3, -0.25) is 0 Å². The summed E-state index contributed by atoms with van der Waals surface area (Å²) in [7, 11) is 2.04. The van der Waals surface area contributed by atoms with Crippen LogP contribution in [0.3, 0.4) is 0 Å². The second-order valence-electron chi connectivity index (χ2n) is 5.94. The van der Waals surface area contributed by atoms with Gasteiger partial charge in [-0.15, -0.1) is 0 Å². The van der Waals surface area contributed by atoms with Crippen LogP contribution in [0, 0.1) is 13.8 Å². The Hall–Kier alpha value is -1.81. The molecule has 112 valence electrons. The van der Waals surface area contributed by atoms with E-state index in [-0.39, 0.29) is 0 Å². The number of furan rings is 1. The van der Waals surface area contributed by atoms with Crippen LogP contribution in [0.4, 0.5) is 5.82 Å². The molecule has 0 spiro atoms. The first-order chi connectivity index (χ1) is 10.1. The summed E-state index contributed by atoms with van der Waals surface area (Å²) in [4.78, 5) is 6.83. The summed E-state index contributed by atoms with van der Waals surface area (Å²) < 4.78 is 5.62. The van der Waals surface area contributed by atoms with Crippen LogP contribution in [0.15, 0.2) is 28.7 Å². The van der Waals surface area contributed by atoms with Gasteiger partial charge in [0.1, 0.15) is 17.3 Å². The fourth-order valence-corrected chi connectivity index (χ4v) is 2.40. The molecule has 0 aliphatic heterocycles. The van der Waals surface area contributed by atoms with Crippen molar-refractivity contribution in [3.05, 3.63) is 47.0 Å². The van der Waals surface area contributed by atoms with Gasteiger partial charge in [-0.1, -0.05) is 6.07 Å². The normalized spacial score (nSPS) is 14.4. The van der Waals surface area contributed by atoms with Crippen LogP contribution in [-0.4, -0.2) is 18.1 Å². The number of hydrogen-bond donors (Lipinski definition) is 1. The number of rotatable bonds is 6. The van der Waals surface area contributed by atoms with E-state index in [0.29, 0.717) is 0 Å². The van der Waals surface area contributed by atoms with Crippen LogP contribution < -0.4 is 10.2 Å². The molecule has 0 radical (unpaired) electrons. The Bertz CT molecular complexity index is 616. The van der Waals surface area contributed by atoms with Crippen LogP contribution in [0.5, 0.6) is 0 Å². The molecular formula is C17H23N3O. The highest BCUT2D eigenvalue weighted by Crippen LogP contribution is 2.21. The molecule has 3 rings (SSSR count). The number of nitrogens with zero attached hydrogens (tertiary/aromatic N) is 2. The molecule has 0 aromatic carbocycles. The number of pyridine rings is 1. The molecule has 0 atom stereocenters. The Balaban J connectivity index is 1.65. The lowest BCUT2D eigenvalue weighted by Gasteiger charge is -2.18. The van der Waals surface area contributed by atoms with Gasteiger partial charge in [-0.2, -0.15) is 0 Å². The van der Waals surface area contributed by atoms with Crippen LogP contribution >= 0.6 is 0 Å². The zero-order chi connectivity index (χ0) is 14.8. The van der Waals surface area contributed by atoms with E-state index in [1.165, 1.54) is 18.4 Å². The first-order valence-electron chi connectivity index (χ1n) is 7.58. The molecule has 1 N–H and O–H groups in total. The Morgan fingerprint density at radius 1 is 1.24 bits per heavy atom. The molecule has 0 saturated heterocycles. The van der Waals surface area contributed by atoms with Gasteiger partial charge < -0.3 is 14.6 Å². The highest BCUT2D eigenvalue weighted by Gasteiger charge is 2.20. The lowest BCUT2D eigenvalue weighted by molar-refractivity contribution is 0.481. The maximum atomic E-state index is 5.62. The largest absolute Gasteiger partial charge is 0.464 e. The maximum Gasteiger partial charge on any atom is 0.128 e. The van der Waals surface area contributed by atoms with Crippen molar-refractivity contribution in [2.24, 2.45) is 0 Å². The van der Waals surface area contributed by atoms with Crippen molar-refractivity contribution in [1.82, 2.24) is 10.3 Å². The van der Waals surface area contributed by atoms with Gasteiger partial charge in [0.25, 0.3) is 0 Å². The SMILES string of the molecule is Cc1ccc(CN(C)c2ccc(CNC3CC3)c(C)n2)o1. The minimum atomic E-state index is 0.731. The second kappa shape index (κ2) is 5.90. The number of anilines is 1. The number of hydrogen-bond acceptors (Lipinski definition) is 4. The fraction of sp³-hybridized carbons (Fsp3) is 0.471. The van der Waals surface area contributed by atoms with Crippen LogP contribution in [0.2, 0.25) is 0 Å². The molecule has 0 amide bonds. The third-order valence-electron chi connectivity index (χ3n) is 3.92. The standard InChI is InChI=1S/C17H23N3O/c1-12-4-8-16(21-12)11-20(3)17-9-5-14(13(2)19-17)10-18-15-6-7-15/h4-5,8-9,15,18H,6-7,10-11H2,1-3H3. The van der Waals surface area contributed by atoms with E-state index in [1.807, 2.05) is 26.1 Å². The molecule has 0 bridgehead atoms. The van der Waals surface area contributed by atoms with E-state index in [4.69, 9.17) is 9.40 Å². The molecule has 0 unspecified atom stereocenters. The summed E-state index contributed by atoms with van der Waals surface area (Å²) in [5.74, 6) is 2.90. The van der Waals surface area contributed by atoms with Crippen molar-refractivity contribution in [1.29, 1.82) is 0 Å². The predicted molar refractivity (Wildman–Crippen MR) is 84.4 cm³/mol. The van der Waals surface area contributed by atoms with E-state index in [1.54, 1.807) is 0 Å². The van der Waals surface area contributed by atoms with Crippen molar-refractivity contribution in [2.75, 3.05) is 11.9 Å². The van der Waals surface area contributed by atoms with Crippen LogP contribution in [-0.2, 0) is 13.1 Å². The topological polar surface area (TPSA) is 41.3 Å². The van der Waals surface area contributed by atoms with Gasteiger partial charge >= 0.3 is 0 Å². The quantitative estimate of drug-likeness (QED) is 0.885. The lowest BCUT2D eigenvalue weighted by Crippen LogP contribution is -2.19. The average Bonchev–Trinajstić information content (AvgIpc) is 3.20. The van der Waals surface area contributed by atoms with Gasteiger partial charge in [-0.05, 0) is 50.5 Å². The molecule has 21 heavy (non-hydrogen) atoms. The smallest absolute Gasteiger partial charge is 0.128 e. The zero-order valence-electron chi connectivity index (χ0n) is 13.0. The van der Waals surface area contributed by atoms with Crippen LogP contribution in [0.1, 0.15) is 35.6 Å². The van der Waals surface area contributed by atoms with E-state index in [0.717, 1.165) is 42.2 Å². The van der Waals surface area contributed by atoms with Gasteiger partial charge in [0.15, 0.2) is 0 Å². The summed E-state index contributed by atoms with van der Waals surface area (Å²) >= 11 is 0. The Kier molecular flexibility index (Phi) is 3.97. The molecule has 4 nitrogen and oxygen atoms in total. The van der Waals surface area contributed by atoms with Crippen molar-refractivity contribution in [3.63, 3.8) is 0 Å². The van der Waals surface area contributed by atoms with Gasteiger partial charge in [0.2, 0.25) is 0 Å². The summed E-state index contributed by atoms with van der Waals surface area (Å²) in [6, 6.07) is 9.01. The van der Waals surface area contributed by atoms with E-state index >= 15 is 0 Å². The molecule has 4 heteroatoms. The van der Waals surface area contributed by atoms with Crippen molar-refractivity contribution in [2.45, 2.75) is 45.8 Å². The first kappa shape index (κ1) is 14.1. The molecule has 1 aliphatic carbocycles. The minimum absolute atomic E-state index is 0.731. The molecular weight excluding hydrogens is 262 g/mol. The van der Waals surface area contributed by atoms with Crippen molar-refractivity contribution >= 4 is 5.82 Å². The highest BCUT2D eigenvalue weighted by molar-refractivity contribution is 5.41. The first-order valence-corrected chi connectivity index (χ1v) is 7.58. The monoisotopic (exact) mass is 285 g/mol. The zero-order valence-corrected chi connectivity index (χ0v) is 13.0. The number of aromatic nitrogens is 1. The minimum Gasteiger partial charge on any atom is -0.464 e. The van der Waals surface area contributed by atoms with Crippen molar-refractivity contribution in [3.8, 4) is 0 Å². The lowest BCUT2D eigenvalue weighted by atomic mass is 10.2. The average molecular weight is 285 g/mol. The summed E-state index contributed by atoms with van der Waals surface area (Å²) in [6.45, 7) is 5.71. The Morgan fingerprint density at radius 3 is 2.67 bits per heavy atom. The van der Waals surface area contributed by atoms with E-state index in [2.05, 4.69) is 29.3 Å². The Labute approximate surface area is 126 Å².